The lowest BCUT2D eigenvalue weighted by Gasteiger charge is -2.22. The molecule has 0 atom stereocenters. The molecule has 0 saturated carbocycles. The van der Waals surface area contributed by atoms with Gasteiger partial charge in [-0.1, -0.05) is 48.5 Å². The molecule has 0 spiro atoms. The van der Waals surface area contributed by atoms with E-state index in [1.54, 1.807) is 4.90 Å². The molecule has 4 heteroatoms. The molecule has 1 aliphatic rings. The number of fused-ring (bicyclic) bond motifs is 1. The van der Waals surface area contributed by atoms with E-state index < -0.39 is 0 Å². The van der Waals surface area contributed by atoms with Crippen LogP contribution in [0.25, 0.3) is 0 Å². The molecule has 2 aromatic carbocycles. The minimum absolute atomic E-state index is 0.0261. The van der Waals surface area contributed by atoms with Gasteiger partial charge in [0.2, 0.25) is 11.8 Å². The molecule has 1 N–H and O–H groups in total. The molecular formula is C20H22N2O2. The van der Waals surface area contributed by atoms with Gasteiger partial charge >= 0.3 is 0 Å². The first-order valence-corrected chi connectivity index (χ1v) is 8.43. The van der Waals surface area contributed by atoms with E-state index in [2.05, 4.69) is 5.32 Å². The monoisotopic (exact) mass is 322 g/mol. The molecule has 0 radical (unpaired) electrons. The third-order valence-electron chi connectivity index (χ3n) is 4.30. The maximum atomic E-state index is 12.4. The zero-order valence-corrected chi connectivity index (χ0v) is 13.7. The van der Waals surface area contributed by atoms with Gasteiger partial charge in [-0.3, -0.25) is 9.59 Å². The van der Waals surface area contributed by atoms with Gasteiger partial charge in [-0.25, -0.2) is 0 Å². The van der Waals surface area contributed by atoms with Gasteiger partial charge < -0.3 is 10.2 Å². The van der Waals surface area contributed by atoms with Crippen molar-refractivity contribution in [3.63, 3.8) is 0 Å². The number of anilines is 1. The molecule has 24 heavy (non-hydrogen) atoms. The fourth-order valence-corrected chi connectivity index (χ4v) is 3.05. The Labute approximate surface area is 142 Å². The van der Waals surface area contributed by atoms with E-state index in [4.69, 9.17) is 0 Å². The average molecular weight is 322 g/mol. The maximum absolute atomic E-state index is 12.4. The van der Waals surface area contributed by atoms with Crippen molar-refractivity contribution in [1.29, 1.82) is 0 Å². The maximum Gasteiger partial charge on any atom is 0.240 e. The van der Waals surface area contributed by atoms with E-state index in [0.29, 0.717) is 13.0 Å². The topological polar surface area (TPSA) is 49.4 Å². The van der Waals surface area contributed by atoms with Crippen molar-refractivity contribution < 1.29 is 9.59 Å². The molecule has 3 rings (SSSR count). The summed E-state index contributed by atoms with van der Waals surface area (Å²) in [7, 11) is 0. The summed E-state index contributed by atoms with van der Waals surface area (Å²) in [6, 6.07) is 17.9. The molecule has 0 bridgehead atoms. The van der Waals surface area contributed by atoms with Crippen LogP contribution in [0.1, 0.15) is 24.0 Å². The molecule has 2 amide bonds. The quantitative estimate of drug-likeness (QED) is 0.920. The Balaban J connectivity index is 1.59. The van der Waals surface area contributed by atoms with Gasteiger partial charge in [0.05, 0.1) is 0 Å². The van der Waals surface area contributed by atoms with E-state index in [9.17, 15) is 9.59 Å². The Morgan fingerprint density at radius 2 is 1.75 bits per heavy atom. The summed E-state index contributed by atoms with van der Waals surface area (Å²) >= 11 is 0. The van der Waals surface area contributed by atoms with Gasteiger partial charge in [0.25, 0.3) is 0 Å². The highest BCUT2D eigenvalue weighted by Gasteiger charge is 2.23. The number of nitrogens with zero attached hydrogens (tertiary/aromatic N) is 1. The van der Waals surface area contributed by atoms with Gasteiger partial charge in [0.15, 0.2) is 0 Å². The highest BCUT2D eigenvalue weighted by Crippen LogP contribution is 2.26. The second-order valence-electron chi connectivity index (χ2n) is 6.05. The van der Waals surface area contributed by atoms with E-state index >= 15 is 0 Å². The summed E-state index contributed by atoms with van der Waals surface area (Å²) in [4.78, 5) is 26.2. The molecule has 0 aliphatic carbocycles. The summed E-state index contributed by atoms with van der Waals surface area (Å²) in [6.07, 6.45) is 3.00. The second-order valence-corrected chi connectivity index (χ2v) is 6.05. The minimum atomic E-state index is -0.115. The molecule has 1 heterocycles. The number of aryl methyl sites for hydroxylation is 1. The molecule has 1 aliphatic heterocycles. The zero-order chi connectivity index (χ0) is 16.8. The summed E-state index contributed by atoms with van der Waals surface area (Å²) in [5, 5.41) is 2.92. The molecule has 2 aromatic rings. The van der Waals surface area contributed by atoms with Crippen LogP contribution in [0, 0.1) is 0 Å². The number of hydrogen-bond donors (Lipinski definition) is 1. The fraction of sp³-hybridized carbons (Fsp3) is 0.300. The lowest BCUT2D eigenvalue weighted by molar-refractivity contribution is -0.123. The summed E-state index contributed by atoms with van der Waals surface area (Å²) in [5.74, 6) is -0.0888. The average Bonchev–Trinajstić information content (AvgIpc) is 2.75. The molecule has 0 saturated heterocycles. The summed E-state index contributed by atoms with van der Waals surface area (Å²) in [5.41, 5.74) is 3.20. The van der Waals surface area contributed by atoms with Crippen molar-refractivity contribution in [2.75, 3.05) is 18.0 Å². The van der Waals surface area contributed by atoms with Crippen LogP contribution in [-0.4, -0.2) is 24.9 Å². The van der Waals surface area contributed by atoms with Crippen LogP contribution in [0.5, 0.6) is 0 Å². The molecular weight excluding hydrogens is 300 g/mol. The zero-order valence-electron chi connectivity index (χ0n) is 13.7. The van der Waals surface area contributed by atoms with E-state index in [1.165, 1.54) is 5.56 Å². The number of carbonyl (C=O) groups is 2. The first-order chi connectivity index (χ1) is 11.7. The Hall–Kier alpha value is -2.62. The third kappa shape index (κ3) is 4.02. The highest BCUT2D eigenvalue weighted by atomic mass is 16.2. The molecule has 0 fully saturated rings. The van der Waals surface area contributed by atoms with Crippen LogP contribution in [0.3, 0.4) is 0 Å². The number of benzene rings is 2. The molecule has 124 valence electrons. The highest BCUT2D eigenvalue weighted by molar-refractivity contribution is 5.99. The van der Waals surface area contributed by atoms with Gasteiger partial charge in [0, 0.05) is 18.7 Å². The van der Waals surface area contributed by atoms with Crippen LogP contribution >= 0.6 is 0 Å². The molecule has 0 unspecified atom stereocenters. The molecule has 0 aromatic heterocycles. The SMILES string of the molecule is O=C(CN1C(=O)CCCc2ccccc21)NCCc1ccccc1. The lowest BCUT2D eigenvalue weighted by Crippen LogP contribution is -2.41. The number of amides is 2. The van der Waals surface area contributed by atoms with Crippen LogP contribution in [0.4, 0.5) is 5.69 Å². The van der Waals surface area contributed by atoms with Crippen molar-refractivity contribution in [2.45, 2.75) is 25.7 Å². The van der Waals surface area contributed by atoms with Crippen LogP contribution in [0.15, 0.2) is 54.6 Å². The lowest BCUT2D eigenvalue weighted by atomic mass is 10.1. The smallest absolute Gasteiger partial charge is 0.240 e. The van der Waals surface area contributed by atoms with Gasteiger partial charge in [-0.2, -0.15) is 0 Å². The van der Waals surface area contributed by atoms with Gasteiger partial charge in [-0.15, -0.1) is 0 Å². The first kappa shape index (κ1) is 16.2. The summed E-state index contributed by atoms with van der Waals surface area (Å²) in [6.45, 7) is 0.664. The van der Waals surface area contributed by atoms with Crippen molar-refractivity contribution in [3.8, 4) is 0 Å². The third-order valence-corrected chi connectivity index (χ3v) is 4.30. The largest absolute Gasteiger partial charge is 0.354 e. The van der Waals surface area contributed by atoms with Crippen LogP contribution in [0.2, 0.25) is 0 Å². The van der Waals surface area contributed by atoms with Crippen molar-refractivity contribution in [3.05, 3.63) is 65.7 Å². The Morgan fingerprint density at radius 1 is 1.00 bits per heavy atom. The Kier molecular flexibility index (Phi) is 5.26. The van der Waals surface area contributed by atoms with Crippen molar-refractivity contribution in [2.24, 2.45) is 0 Å². The van der Waals surface area contributed by atoms with Crippen molar-refractivity contribution in [1.82, 2.24) is 5.32 Å². The molecule has 4 nitrogen and oxygen atoms in total. The normalized spacial score (nSPS) is 14.0. The second kappa shape index (κ2) is 7.77. The summed E-state index contributed by atoms with van der Waals surface area (Å²) < 4.78 is 0. The fourth-order valence-electron chi connectivity index (χ4n) is 3.05. The number of rotatable bonds is 5. The standard InChI is InChI=1S/C20H22N2O2/c23-19(21-14-13-16-7-2-1-3-8-16)15-22-18-11-5-4-9-17(18)10-6-12-20(22)24/h1-5,7-9,11H,6,10,12-15H2,(H,21,23). The van der Waals surface area contributed by atoms with E-state index in [-0.39, 0.29) is 18.4 Å². The predicted molar refractivity (Wildman–Crippen MR) is 94.9 cm³/mol. The van der Waals surface area contributed by atoms with Crippen molar-refractivity contribution >= 4 is 17.5 Å². The predicted octanol–water partition coefficient (Wildman–Crippen LogP) is 2.71. The number of carbonyl (C=O) groups excluding carboxylic acids is 2. The van der Waals surface area contributed by atoms with E-state index in [0.717, 1.165) is 30.5 Å². The van der Waals surface area contributed by atoms with Crippen LogP contribution < -0.4 is 10.2 Å². The number of para-hydroxylation sites is 1. The van der Waals surface area contributed by atoms with E-state index in [1.807, 2.05) is 54.6 Å². The van der Waals surface area contributed by atoms with Gasteiger partial charge in [0.1, 0.15) is 6.54 Å². The Morgan fingerprint density at radius 3 is 2.58 bits per heavy atom. The first-order valence-electron chi connectivity index (χ1n) is 8.43. The minimum Gasteiger partial charge on any atom is -0.354 e. The Bertz CT molecular complexity index is 713. The van der Waals surface area contributed by atoms with Crippen LogP contribution in [-0.2, 0) is 22.4 Å². The number of nitrogens with one attached hydrogen (secondary N) is 1. The van der Waals surface area contributed by atoms with Gasteiger partial charge in [-0.05, 0) is 36.5 Å². The number of hydrogen-bond acceptors (Lipinski definition) is 2.